The van der Waals surface area contributed by atoms with E-state index in [1.54, 1.807) is 11.3 Å². The van der Waals surface area contributed by atoms with E-state index < -0.39 is 0 Å². The van der Waals surface area contributed by atoms with Gasteiger partial charge in [0.25, 0.3) is 5.91 Å². The highest BCUT2D eigenvalue weighted by Crippen LogP contribution is 2.45. The van der Waals surface area contributed by atoms with Gasteiger partial charge in [0.2, 0.25) is 0 Å². The van der Waals surface area contributed by atoms with E-state index in [1.165, 1.54) is 7.11 Å². The van der Waals surface area contributed by atoms with Crippen LogP contribution in [-0.2, 0) is 16.1 Å². The van der Waals surface area contributed by atoms with Crippen LogP contribution in [0, 0.1) is 31.6 Å². The van der Waals surface area contributed by atoms with E-state index in [-0.39, 0.29) is 17.8 Å². The van der Waals surface area contributed by atoms with Gasteiger partial charge in [0.05, 0.1) is 18.7 Å². The topological polar surface area (TPSA) is 72.0 Å². The van der Waals surface area contributed by atoms with Crippen LogP contribution in [0.1, 0.15) is 46.3 Å². The molecule has 3 fully saturated rings. The van der Waals surface area contributed by atoms with Crippen LogP contribution in [0.3, 0.4) is 0 Å². The lowest BCUT2D eigenvalue weighted by Gasteiger charge is -2.36. The lowest BCUT2D eigenvalue weighted by Crippen LogP contribution is -2.45. The second-order valence-corrected chi connectivity index (χ2v) is 12.0. The van der Waals surface area contributed by atoms with Crippen molar-refractivity contribution in [2.45, 2.75) is 39.7 Å². The smallest absolute Gasteiger partial charge is 0.309 e. The van der Waals surface area contributed by atoms with E-state index in [0.717, 1.165) is 89.8 Å². The molecule has 3 atom stereocenters. The van der Waals surface area contributed by atoms with Crippen LogP contribution >= 0.6 is 11.3 Å². The van der Waals surface area contributed by atoms with Gasteiger partial charge in [-0.15, -0.1) is 11.3 Å². The first kappa shape index (κ1) is 25.9. The van der Waals surface area contributed by atoms with Crippen LogP contribution < -0.4 is 9.64 Å². The largest absolute Gasteiger partial charge is 0.488 e. The van der Waals surface area contributed by atoms with Gasteiger partial charge in [0, 0.05) is 42.7 Å². The molecule has 2 aliphatic heterocycles. The fraction of sp³-hybridized carbons (Fsp3) is 0.452. The molecule has 0 N–H and O–H groups in total. The number of amides is 1. The lowest BCUT2D eigenvalue weighted by atomic mass is 9.85. The van der Waals surface area contributed by atoms with Gasteiger partial charge in [0.1, 0.15) is 12.4 Å². The highest BCUT2D eigenvalue weighted by molar-refractivity contribution is 7.14. The average Bonchev–Trinajstić information content (AvgIpc) is 3.49. The van der Waals surface area contributed by atoms with E-state index in [0.29, 0.717) is 18.4 Å². The standard InChI is InChI=1S/C31H35N3O4S/c1-19-5-10-27(38-17-24-9-6-21(14-20(24)2)29(35)33-11-4-12-33)25(13-19)26-18-39-31(32-26)34-15-22-7-8-23(16-34)28(22)30(36)37-3/h5-6,9-10,13-14,18,22-23,28H,4,7-8,11-12,15-17H2,1-3H3/t22-,23?,28?/m0/s1. The number of aromatic nitrogens is 1. The van der Waals surface area contributed by atoms with Gasteiger partial charge in [-0.2, -0.15) is 0 Å². The number of methoxy groups -OCH3 is 1. The molecule has 3 heterocycles. The van der Waals surface area contributed by atoms with Gasteiger partial charge >= 0.3 is 5.97 Å². The molecule has 7 nitrogen and oxygen atoms in total. The number of ether oxygens (including phenoxy) is 2. The van der Waals surface area contributed by atoms with Crippen molar-refractivity contribution in [3.8, 4) is 17.0 Å². The van der Waals surface area contributed by atoms with Crippen molar-refractivity contribution in [1.82, 2.24) is 9.88 Å². The molecule has 8 heteroatoms. The maximum absolute atomic E-state index is 12.6. The van der Waals surface area contributed by atoms with Crippen LogP contribution in [0.2, 0.25) is 0 Å². The monoisotopic (exact) mass is 545 g/mol. The maximum Gasteiger partial charge on any atom is 0.309 e. The number of carbonyl (C=O) groups excluding carboxylic acids is 2. The summed E-state index contributed by atoms with van der Waals surface area (Å²) >= 11 is 1.65. The minimum atomic E-state index is -0.0591. The highest BCUT2D eigenvalue weighted by Gasteiger charge is 2.47. The third-order valence-corrected chi connectivity index (χ3v) is 9.50. The average molecular weight is 546 g/mol. The Bertz CT molecular complexity index is 1380. The van der Waals surface area contributed by atoms with Crippen molar-refractivity contribution < 1.29 is 19.1 Å². The SMILES string of the molecule is COC(=O)C1C2CC[C@H]1CN(c1nc(-c3cc(C)ccc3OCc3ccc(C(=O)N4CCC4)cc3C)cs1)C2. The molecule has 2 unspecified atom stereocenters. The maximum atomic E-state index is 12.6. The summed E-state index contributed by atoms with van der Waals surface area (Å²) in [6.45, 7) is 7.92. The normalized spacial score (nSPS) is 22.0. The molecule has 2 saturated heterocycles. The first-order valence-electron chi connectivity index (χ1n) is 13.8. The minimum absolute atomic E-state index is 0.0221. The number of carbonyl (C=O) groups is 2. The Hall–Kier alpha value is -3.39. The first-order chi connectivity index (χ1) is 18.9. The van der Waals surface area contributed by atoms with Gasteiger partial charge in [-0.1, -0.05) is 17.7 Å². The van der Waals surface area contributed by atoms with Gasteiger partial charge in [-0.05, 0) is 80.3 Å². The number of rotatable bonds is 7. The van der Waals surface area contributed by atoms with Crippen molar-refractivity contribution in [2.75, 3.05) is 38.2 Å². The molecular formula is C31H35N3O4S. The van der Waals surface area contributed by atoms with Crippen molar-refractivity contribution in [2.24, 2.45) is 17.8 Å². The highest BCUT2D eigenvalue weighted by atomic mass is 32.1. The summed E-state index contributed by atoms with van der Waals surface area (Å²) in [5.41, 5.74) is 5.89. The van der Waals surface area contributed by atoms with Crippen molar-refractivity contribution in [3.05, 3.63) is 64.0 Å². The number of likely N-dealkylation sites (tertiary alicyclic amines) is 1. The number of benzene rings is 2. The second kappa shape index (κ2) is 10.6. The molecule has 39 heavy (non-hydrogen) atoms. The zero-order valence-electron chi connectivity index (χ0n) is 22.8. The molecule has 1 saturated carbocycles. The van der Waals surface area contributed by atoms with Gasteiger partial charge in [-0.25, -0.2) is 4.98 Å². The Labute approximate surface area is 233 Å². The number of esters is 1. The van der Waals surface area contributed by atoms with E-state index in [9.17, 15) is 9.59 Å². The Balaban J connectivity index is 1.17. The van der Waals surface area contributed by atoms with Gasteiger partial charge < -0.3 is 19.3 Å². The molecule has 0 spiro atoms. The number of hydrogen-bond donors (Lipinski definition) is 0. The van der Waals surface area contributed by atoms with E-state index in [4.69, 9.17) is 14.5 Å². The Morgan fingerprint density at radius 3 is 2.49 bits per heavy atom. The van der Waals surface area contributed by atoms with Crippen LogP contribution in [-0.4, -0.2) is 55.0 Å². The molecule has 204 valence electrons. The summed E-state index contributed by atoms with van der Waals surface area (Å²) in [7, 11) is 1.49. The zero-order valence-corrected chi connectivity index (χ0v) is 23.6. The zero-order chi connectivity index (χ0) is 27.1. The summed E-state index contributed by atoms with van der Waals surface area (Å²) in [5, 5.41) is 3.10. The first-order valence-corrected chi connectivity index (χ1v) is 14.7. The lowest BCUT2D eigenvalue weighted by molar-refractivity contribution is -0.148. The predicted molar refractivity (Wildman–Crippen MR) is 152 cm³/mol. The Kier molecular flexibility index (Phi) is 7.06. The third kappa shape index (κ3) is 5.02. The van der Waals surface area contributed by atoms with E-state index in [1.807, 2.05) is 36.1 Å². The van der Waals surface area contributed by atoms with Crippen molar-refractivity contribution >= 4 is 28.3 Å². The molecule has 1 aliphatic carbocycles. The van der Waals surface area contributed by atoms with Crippen LogP contribution in [0.15, 0.2) is 41.8 Å². The Morgan fingerprint density at radius 1 is 1.05 bits per heavy atom. The Morgan fingerprint density at radius 2 is 1.82 bits per heavy atom. The van der Waals surface area contributed by atoms with Crippen LogP contribution in [0.4, 0.5) is 5.13 Å². The molecule has 3 aliphatic rings. The summed E-state index contributed by atoms with van der Waals surface area (Å²) in [6.07, 6.45) is 3.23. The third-order valence-electron chi connectivity index (χ3n) is 8.60. The van der Waals surface area contributed by atoms with Crippen LogP contribution in [0.25, 0.3) is 11.3 Å². The van der Waals surface area contributed by atoms with Gasteiger partial charge in [0.15, 0.2) is 5.13 Å². The van der Waals surface area contributed by atoms with Crippen LogP contribution in [0.5, 0.6) is 5.75 Å². The molecule has 2 bridgehead atoms. The number of aryl methyl sites for hydroxylation is 2. The summed E-state index contributed by atoms with van der Waals surface area (Å²) in [4.78, 5) is 34.2. The quantitative estimate of drug-likeness (QED) is 0.366. The number of piperidine rings is 1. The number of nitrogens with zero attached hydrogens (tertiary/aromatic N) is 3. The van der Waals surface area contributed by atoms with E-state index >= 15 is 0 Å². The molecule has 2 aromatic carbocycles. The molecule has 6 rings (SSSR count). The predicted octanol–water partition coefficient (Wildman–Crippen LogP) is 5.49. The second-order valence-electron chi connectivity index (χ2n) is 11.1. The van der Waals surface area contributed by atoms with Crippen molar-refractivity contribution in [3.63, 3.8) is 0 Å². The van der Waals surface area contributed by atoms with E-state index in [2.05, 4.69) is 29.3 Å². The molecule has 3 aromatic rings. The fourth-order valence-corrected chi connectivity index (χ4v) is 7.10. The number of hydrogen-bond acceptors (Lipinski definition) is 7. The molecule has 0 radical (unpaired) electrons. The minimum Gasteiger partial charge on any atom is -0.488 e. The fourth-order valence-electron chi connectivity index (χ4n) is 6.25. The molecular weight excluding hydrogens is 510 g/mol. The summed E-state index contributed by atoms with van der Waals surface area (Å²) in [5.74, 6) is 1.53. The molecule has 1 aromatic heterocycles. The number of fused-ring (bicyclic) bond motifs is 2. The van der Waals surface area contributed by atoms with Gasteiger partial charge in [-0.3, -0.25) is 9.59 Å². The number of anilines is 1. The molecule has 1 amide bonds. The summed E-state index contributed by atoms with van der Waals surface area (Å²) < 4.78 is 11.4. The number of thiazole rings is 1. The summed E-state index contributed by atoms with van der Waals surface area (Å²) in [6, 6.07) is 12.1. The van der Waals surface area contributed by atoms with Crippen molar-refractivity contribution in [1.29, 1.82) is 0 Å².